The van der Waals surface area contributed by atoms with Crippen LogP contribution in [0.5, 0.6) is 0 Å². The maximum Gasteiger partial charge on any atom is 0.192 e. The molecule has 0 bridgehead atoms. The summed E-state index contributed by atoms with van der Waals surface area (Å²) in [5, 5.41) is 0. The largest absolute Gasteiger partial charge is 0.370 e. The van der Waals surface area contributed by atoms with Gasteiger partial charge in [-0.25, -0.2) is 13.4 Å². The summed E-state index contributed by atoms with van der Waals surface area (Å²) in [5.41, 5.74) is 12.5. The number of aliphatic imine (C=N–C) groups is 1. The fourth-order valence-electron chi connectivity index (χ4n) is 2.00. The van der Waals surface area contributed by atoms with Crippen molar-refractivity contribution in [3.63, 3.8) is 0 Å². The number of benzene rings is 2. The number of hydrogen-bond acceptors (Lipinski definition) is 3. The molecule has 0 saturated heterocycles. The van der Waals surface area contributed by atoms with Crippen molar-refractivity contribution in [3.05, 3.63) is 54.1 Å². The predicted molar refractivity (Wildman–Crippen MR) is 92.5 cm³/mol. The first kappa shape index (κ1) is 16.1. The van der Waals surface area contributed by atoms with Gasteiger partial charge in [-0.2, -0.15) is 0 Å². The van der Waals surface area contributed by atoms with E-state index in [1.807, 2.05) is 30.3 Å². The van der Waals surface area contributed by atoms with Gasteiger partial charge in [-0.05, 0) is 11.6 Å². The average Bonchev–Trinajstić information content (AvgIpc) is 2.46. The molecule has 2 rings (SSSR count). The van der Waals surface area contributed by atoms with E-state index < -0.39 is 9.84 Å². The Morgan fingerprint density at radius 3 is 2.27 bits per heavy atom. The number of nitrogens with two attached hydrogens (primary N) is 2. The predicted octanol–water partition coefficient (Wildman–Crippen LogP) is 1.71. The van der Waals surface area contributed by atoms with E-state index in [-0.39, 0.29) is 15.8 Å². The Kier molecular flexibility index (Phi) is 4.58. The van der Waals surface area contributed by atoms with Gasteiger partial charge < -0.3 is 11.5 Å². The van der Waals surface area contributed by atoms with Crippen LogP contribution in [0.3, 0.4) is 0 Å². The van der Waals surface area contributed by atoms with Crippen molar-refractivity contribution in [2.45, 2.75) is 4.90 Å². The van der Waals surface area contributed by atoms with Crippen LogP contribution >= 0.6 is 12.2 Å². The van der Waals surface area contributed by atoms with E-state index in [2.05, 4.69) is 4.99 Å². The highest BCUT2D eigenvalue weighted by atomic mass is 32.2. The molecule has 0 aliphatic carbocycles. The fourth-order valence-corrected chi connectivity index (χ4v) is 3.16. The molecule has 0 aliphatic heterocycles. The monoisotopic (exact) mass is 333 g/mol. The highest BCUT2D eigenvalue weighted by molar-refractivity contribution is 7.90. The van der Waals surface area contributed by atoms with E-state index in [0.717, 1.165) is 11.8 Å². The first-order valence-electron chi connectivity index (χ1n) is 6.32. The molecule has 7 heteroatoms. The van der Waals surface area contributed by atoms with E-state index in [1.165, 1.54) is 6.07 Å². The first-order chi connectivity index (χ1) is 10.3. The van der Waals surface area contributed by atoms with Gasteiger partial charge in [0.05, 0.1) is 4.90 Å². The molecule has 0 aliphatic rings. The third kappa shape index (κ3) is 3.69. The van der Waals surface area contributed by atoms with E-state index in [4.69, 9.17) is 23.7 Å². The van der Waals surface area contributed by atoms with Crippen molar-refractivity contribution in [1.82, 2.24) is 0 Å². The molecule has 2 aromatic carbocycles. The summed E-state index contributed by atoms with van der Waals surface area (Å²) >= 11 is 5.10. The average molecular weight is 333 g/mol. The molecule has 5 nitrogen and oxygen atoms in total. The van der Waals surface area contributed by atoms with Crippen molar-refractivity contribution >= 4 is 33.0 Å². The van der Waals surface area contributed by atoms with Gasteiger partial charge in [0.2, 0.25) is 0 Å². The van der Waals surface area contributed by atoms with Gasteiger partial charge in [-0.3, -0.25) is 0 Å². The quantitative estimate of drug-likeness (QED) is 0.506. The highest BCUT2D eigenvalue weighted by Crippen LogP contribution is 2.28. The normalized spacial score (nSPS) is 11.0. The minimum absolute atomic E-state index is 0.143. The Hall–Kier alpha value is -2.25. The smallest absolute Gasteiger partial charge is 0.192 e. The van der Waals surface area contributed by atoms with Crippen LogP contribution in [0.4, 0.5) is 0 Å². The first-order valence-corrected chi connectivity index (χ1v) is 8.62. The maximum absolute atomic E-state index is 12.1. The second-order valence-corrected chi connectivity index (χ2v) is 7.06. The molecule has 0 heterocycles. The second kappa shape index (κ2) is 6.25. The van der Waals surface area contributed by atoms with Gasteiger partial charge in [0, 0.05) is 17.4 Å². The summed E-state index contributed by atoms with van der Waals surface area (Å²) < 4.78 is 24.2. The Bertz CT molecular complexity index is 840. The molecule has 0 spiro atoms. The Morgan fingerprint density at radius 2 is 1.73 bits per heavy atom. The van der Waals surface area contributed by atoms with Crippen LogP contribution < -0.4 is 11.5 Å². The number of nitrogens with zero attached hydrogens (tertiary/aromatic N) is 1. The third-order valence-electron chi connectivity index (χ3n) is 2.94. The lowest BCUT2D eigenvalue weighted by Gasteiger charge is -2.10. The lowest BCUT2D eigenvalue weighted by atomic mass is 10.0. The Labute approximate surface area is 134 Å². The van der Waals surface area contributed by atoms with Crippen molar-refractivity contribution in [1.29, 1.82) is 0 Å². The SMILES string of the molecule is CS(=O)(=O)c1cc(C(=S)N=C(N)N)ccc1-c1ccccc1. The topological polar surface area (TPSA) is 98.5 Å². The van der Waals surface area contributed by atoms with Crippen molar-refractivity contribution in [2.24, 2.45) is 16.5 Å². The molecule has 0 saturated carbocycles. The van der Waals surface area contributed by atoms with Crippen LogP contribution in [-0.2, 0) is 9.84 Å². The molecule has 2 aromatic rings. The molecule has 0 fully saturated rings. The fraction of sp³-hybridized carbons (Fsp3) is 0.0667. The summed E-state index contributed by atoms with van der Waals surface area (Å²) in [5.74, 6) is -0.168. The van der Waals surface area contributed by atoms with Crippen LogP contribution in [0.15, 0.2) is 58.4 Å². The van der Waals surface area contributed by atoms with Gasteiger partial charge in [-0.1, -0.05) is 54.7 Å². The Balaban J connectivity index is 2.64. The lowest BCUT2D eigenvalue weighted by Crippen LogP contribution is -2.24. The van der Waals surface area contributed by atoms with Crippen LogP contribution in [0, 0.1) is 0 Å². The van der Waals surface area contributed by atoms with E-state index >= 15 is 0 Å². The molecule has 22 heavy (non-hydrogen) atoms. The van der Waals surface area contributed by atoms with Gasteiger partial charge in [0.25, 0.3) is 0 Å². The summed E-state index contributed by atoms with van der Waals surface area (Å²) in [6, 6.07) is 14.1. The van der Waals surface area contributed by atoms with Gasteiger partial charge in [0.1, 0.15) is 4.99 Å². The van der Waals surface area contributed by atoms with Gasteiger partial charge >= 0.3 is 0 Å². The zero-order chi connectivity index (χ0) is 16.3. The van der Waals surface area contributed by atoms with Crippen LogP contribution in [0.2, 0.25) is 0 Å². The molecule has 0 atom stereocenters. The number of sulfone groups is 1. The molecular weight excluding hydrogens is 318 g/mol. The number of thiocarbonyl (C=S) groups is 1. The molecule has 4 N–H and O–H groups in total. The molecule has 114 valence electrons. The van der Waals surface area contributed by atoms with E-state index in [0.29, 0.717) is 11.1 Å². The standard InChI is InChI=1S/C15H15N3O2S2/c1-22(19,20)13-9-11(14(21)18-15(16)17)7-8-12(13)10-5-3-2-4-6-10/h2-9H,1H3,(H4,16,17,18,21). The van der Waals surface area contributed by atoms with Crippen molar-refractivity contribution < 1.29 is 8.42 Å². The summed E-state index contributed by atoms with van der Waals surface area (Å²) in [6.45, 7) is 0. The molecular formula is C15H15N3O2S2. The minimum atomic E-state index is -3.44. The van der Waals surface area contributed by atoms with E-state index in [9.17, 15) is 8.42 Å². The zero-order valence-corrected chi connectivity index (χ0v) is 13.5. The highest BCUT2D eigenvalue weighted by Gasteiger charge is 2.16. The molecule has 0 aromatic heterocycles. The second-order valence-electron chi connectivity index (χ2n) is 4.69. The van der Waals surface area contributed by atoms with Crippen LogP contribution in [0.25, 0.3) is 11.1 Å². The molecule has 0 amide bonds. The summed E-state index contributed by atoms with van der Waals surface area (Å²) in [4.78, 5) is 4.11. The minimum Gasteiger partial charge on any atom is -0.370 e. The van der Waals surface area contributed by atoms with Crippen molar-refractivity contribution in [2.75, 3.05) is 6.26 Å². The number of guanidine groups is 1. The third-order valence-corrected chi connectivity index (χ3v) is 4.41. The van der Waals surface area contributed by atoms with E-state index in [1.54, 1.807) is 12.1 Å². The molecule has 0 unspecified atom stereocenters. The number of hydrogen-bond donors (Lipinski definition) is 2. The number of rotatable bonds is 3. The Morgan fingerprint density at radius 1 is 1.09 bits per heavy atom. The summed E-state index contributed by atoms with van der Waals surface area (Å²) in [7, 11) is -3.44. The zero-order valence-electron chi connectivity index (χ0n) is 11.9. The van der Waals surface area contributed by atoms with Crippen LogP contribution in [-0.4, -0.2) is 25.6 Å². The van der Waals surface area contributed by atoms with Gasteiger partial charge in [0.15, 0.2) is 15.8 Å². The van der Waals surface area contributed by atoms with Crippen molar-refractivity contribution in [3.8, 4) is 11.1 Å². The molecule has 0 radical (unpaired) electrons. The lowest BCUT2D eigenvalue weighted by molar-refractivity contribution is 0.602. The van der Waals surface area contributed by atoms with Crippen LogP contribution in [0.1, 0.15) is 5.56 Å². The van der Waals surface area contributed by atoms with Gasteiger partial charge in [-0.15, -0.1) is 0 Å². The maximum atomic E-state index is 12.1. The summed E-state index contributed by atoms with van der Waals surface area (Å²) in [6.07, 6.45) is 1.15.